The standard InChI is InChI=1S/C16H26N2O/c1-12(9-17)10-18-11-16(2,3)14-4-5-15-13(8-14)6-7-19-15/h4-5,8,12,18H,6-7,9-11,17H2,1-3H3. The van der Waals surface area contributed by atoms with Crippen molar-refractivity contribution in [1.82, 2.24) is 5.32 Å². The molecule has 0 aliphatic carbocycles. The van der Waals surface area contributed by atoms with Gasteiger partial charge in [0.25, 0.3) is 0 Å². The first-order valence-electron chi connectivity index (χ1n) is 7.20. The largest absolute Gasteiger partial charge is 0.493 e. The van der Waals surface area contributed by atoms with Crippen molar-refractivity contribution in [2.45, 2.75) is 32.6 Å². The molecule has 19 heavy (non-hydrogen) atoms. The summed E-state index contributed by atoms with van der Waals surface area (Å²) in [7, 11) is 0. The molecule has 0 fully saturated rings. The Morgan fingerprint density at radius 2 is 2.21 bits per heavy atom. The van der Waals surface area contributed by atoms with Crippen LogP contribution in [0.15, 0.2) is 18.2 Å². The number of benzene rings is 1. The maximum atomic E-state index is 5.64. The van der Waals surface area contributed by atoms with Gasteiger partial charge in [0.05, 0.1) is 6.61 Å². The van der Waals surface area contributed by atoms with Crippen LogP contribution in [0, 0.1) is 5.92 Å². The van der Waals surface area contributed by atoms with Crippen molar-refractivity contribution in [3.05, 3.63) is 29.3 Å². The lowest BCUT2D eigenvalue weighted by atomic mass is 9.83. The van der Waals surface area contributed by atoms with Crippen LogP contribution in [0.25, 0.3) is 0 Å². The van der Waals surface area contributed by atoms with Crippen LogP contribution in [0.4, 0.5) is 0 Å². The number of ether oxygens (including phenoxy) is 1. The van der Waals surface area contributed by atoms with Gasteiger partial charge in [-0.1, -0.05) is 32.9 Å². The molecule has 0 saturated carbocycles. The SMILES string of the molecule is CC(CN)CNCC(C)(C)c1ccc2c(c1)CCO2. The zero-order valence-corrected chi connectivity index (χ0v) is 12.3. The minimum absolute atomic E-state index is 0.131. The van der Waals surface area contributed by atoms with E-state index in [0.29, 0.717) is 5.92 Å². The first-order chi connectivity index (χ1) is 9.03. The van der Waals surface area contributed by atoms with Crippen molar-refractivity contribution in [2.75, 3.05) is 26.2 Å². The Kier molecular flexibility index (Phi) is 4.48. The van der Waals surface area contributed by atoms with Gasteiger partial charge >= 0.3 is 0 Å². The van der Waals surface area contributed by atoms with Crippen molar-refractivity contribution in [3.63, 3.8) is 0 Å². The second kappa shape index (κ2) is 5.93. The van der Waals surface area contributed by atoms with Gasteiger partial charge in [-0.2, -0.15) is 0 Å². The highest BCUT2D eigenvalue weighted by Gasteiger charge is 2.23. The van der Waals surface area contributed by atoms with Crippen LogP contribution >= 0.6 is 0 Å². The van der Waals surface area contributed by atoms with E-state index in [4.69, 9.17) is 10.5 Å². The zero-order valence-electron chi connectivity index (χ0n) is 12.3. The topological polar surface area (TPSA) is 47.3 Å². The molecule has 1 aromatic rings. The van der Waals surface area contributed by atoms with E-state index in [9.17, 15) is 0 Å². The van der Waals surface area contributed by atoms with Crippen molar-refractivity contribution in [2.24, 2.45) is 11.7 Å². The molecule has 0 spiro atoms. The van der Waals surface area contributed by atoms with E-state index in [0.717, 1.165) is 38.4 Å². The molecule has 3 nitrogen and oxygen atoms in total. The van der Waals surface area contributed by atoms with E-state index in [1.54, 1.807) is 0 Å². The molecular formula is C16H26N2O. The van der Waals surface area contributed by atoms with Gasteiger partial charge < -0.3 is 15.8 Å². The molecule has 0 amide bonds. The van der Waals surface area contributed by atoms with Gasteiger partial charge in [-0.3, -0.25) is 0 Å². The summed E-state index contributed by atoms with van der Waals surface area (Å²) in [5.41, 5.74) is 8.50. The lowest BCUT2D eigenvalue weighted by Gasteiger charge is -2.27. The summed E-state index contributed by atoms with van der Waals surface area (Å²) in [6.45, 7) is 10.3. The third kappa shape index (κ3) is 3.48. The molecular weight excluding hydrogens is 236 g/mol. The van der Waals surface area contributed by atoms with Crippen molar-refractivity contribution >= 4 is 0 Å². The van der Waals surface area contributed by atoms with Crippen molar-refractivity contribution in [1.29, 1.82) is 0 Å². The van der Waals surface area contributed by atoms with Gasteiger partial charge in [0.1, 0.15) is 5.75 Å². The predicted molar refractivity (Wildman–Crippen MR) is 79.8 cm³/mol. The second-order valence-electron chi connectivity index (χ2n) is 6.28. The van der Waals surface area contributed by atoms with E-state index >= 15 is 0 Å². The molecule has 1 atom stereocenters. The number of hydrogen-bond donors (Lipinski definition) is 2. The number of nitrogens with one attached hydrogen (secondary N) is 1. The molecule has 1 aliphatic rings. The molecule has 3 heteroatoms. The Bertz CT molecular complexity index is 429. The molecule has 3 N–H and O–H groups in total. The van der Waals surface area contributed by atoms with Crippen LogP contribution in [0.2, 0.25) is 0 Å². The van der Waals surface area contributed by atoms with Crippen LogP contribution in [-0.4, -0.2) is 26.2 Å². The maximum absolute atomic E-state index is 5.64. The molecule has 106 valence electrons. The van der Waals surface area contributed by atoms with E-state index < -0.39 is 0 Å². The van der Waals surface area contributed by atoms with Crippen LogP contribution in [0.5, 0.6) is 5.75 Å². The van der Waals surface area contributed by atoms with E-state index in [1.165, 1.54) is 11.1 Å². The zero-order chi connectivity index (χ0) is 13.9. The summed E-state index contributed by atoms with van der Waals surface area (Å²) in [5, 5.41) is 3.53. The average Bonchev–Trinajstić information content (AvgIpc) is 2.85. The summed E-state index contributed by atoms with van der Waals surface area (Å²) in [6, 6.07) is 6.61. The first kappa shape index (κ1) is 14.4. The summed E-state index contributed by atoms with van der Waals surface area (Å²) in [5.74, 6) is 1.59. The first-order valence-corrected chi connectivity index (χ1v) is 7.20. The predicted octanol–water partition coefficient (Wildman–Crippen LogP) is 2.08. The molecule has 1 heterocycles. The molecule has 1 aromatic carbocycles. The lowest BCUT2D eigenvalue weighted by molar-refractivity contribution is 0.356. The Balaban J connectivity index is 1.98. The number of rotatable bonds is 6. The van der Waals surface area contributed by atoms with Crippen molar-refractivity contribution in [3.8, 4) is 5.75 Å². The van der Waals surface area contributed by atoms with E-state index in [1.807, 2.05) is 0 Å². The van der Waals surface area contributed by atoms with E-state index in [2.05, 4.69) is 44.3 Å². The molecule has 0 saturated heterocycles. The summed E-state index contributed by atoms with van der Waals surface area (Å²) in [4.78, 5) is 0. The maximum Gasteiger partial charge on any atom is 0.122 e. The highest BCUT2D eigenvalue weighted by Crippen LogP contribution is 2.31. The van der Waals surface area contributed by atoms with Gasteiger partial charge in [0, 0.05) is 18.4 Å². The highest BCUT2D eigenvalue weighted by atomic mass is 16.5. The van der Waals surface area contributed by atoms with Gasteiger partial charge in [0.2, 0.25) is 0 Å². The van der Waals surface area contributed by atoms with Gasteiger partial charge in [-0.25, -0.2) is 0 Å². The number of hydrogen-bond acceptors (Lipinski definition) is 3. The quantitative estimate of drug-likeness (QED) is 0.825. The monoisotopic (exact) mass is 262 g/mol. The van der Waals surface area contributed by atoms with Gasteiger partial charge in [0.15, 0.2) is 0 Å². The van der Waals surface area contributed by atoms with Crippen LogP contribution < -0.4 is 15.8 Å². The fourth-order valence-corrected chi connectivity index (χ4v) is 2.42. The molecule has 1 unspecified atom stereocenters. The molecule has 1 aliphatic heterocycles. The lowest BCUT2D eigenvalue weighted by Crippen LogP contribution is -2.36. The van der Waals surface area contributed by atoms with E-state index in [-0.39, 0.29) is 5.41 Å². The smallest absolute Gasteiger partial charge is 0.122 e. The molecule has 0 bridgehead atoms. The van der Waals surface area contributed by atoms with Crippen molar-refractivity contribution < 1.29 is 4.74 Å². The summed E-state index contributed by atoms with van der Waals surface area (Å²) < 4.78 is 5.56. The number of nitrogens with two attached hydrogens (primary N) is 1. The molecule has 0 radical (unpaired) electrons. The fraction of sp³-hybridized carbons (Fsp3) is 0.625. The van der Waals surface area contributed by atoms with Gasteiger partial charge in [-0.15, -0.1) is 0 Å². The normalized spacial score (nSPS) is 16.0. The van der Waals surface area contributed by atoms with Crippen LogP contribution in [0.3, 0.4) is 0 Å². The third-order valence-electron chi connectivity index (χ3n) is 3.93. The van der Waals surface area contributed by atoms with Crippen LogP contribution in [-0.2, 0) is 11.8 Å². The Morgan fingerprint density at radius 1 is 1.42 bits per heavy atom. The molecule has 2 rings (SSSR count). The van der Waals surface area contributed by atoms with Crippen LogP contribution in [0.1, 0.15) is 31.9 Å². The Hall–Kier alpha value is -1.06. The number of fused-ring (bicyclic) bond motifs is 1. The minimum atomic E-state index is 0.131. The summed E-state index contributed by atoms with van der Waals surface area (Å²) in [6.07, 6.45) is 1.04. The molecule has 0 aromatic heterocycles. The average molecular weight is 262 g/mol. The Morgan fingerprint density at radius 3 is 2.95 bits per heavy atom. The third-order valence-corrected chi connectivity index (χ3v) is 3.93. The minimum Gasteiger partial charge on any atom is -0.493 e. The van der Waals surface area contributed by atoms with Gasteiger partial charge in [-0.05, 0) is 36.2 Å². The highest BCUT2D eigenvalue weighted by molar-refractivity contribution is 5.42. The summed E-state index contributed by atoms with van der Waals surface area (Å²) >= 11 is 0. The Labute approximate surface area is 116 Å². The second-order valence-corrected chi connectivity index (χ2v) is 6.28. The fourth-order valence-electron chi connectivity index (χ4n) is 2.42.